The molecule has 1 rings (SSSR count). The van der Waals surface area contributed by atoms with Gasteiger partial charge in [0.25, 0.3) is 0 Å². The lowest BCUT2D eigenvalue weighted by molar-refractivity contribution is -0.138. The van der Waals surface area contributed by atoms with Crippen LogP contribution in [0.1, 0.15) is 16.7 Å². The van der Waals surface area contributed by atoms with E-state index in [0.717, 1.165) is 0 Å². The summed E-state index contributed by atoms with van der Waals surface area (Å²) in [5, 5.41) is -0.285. The van der Waals surface area contributed by atoms with Gasteiger partial charge in [-0.05, 0) is 24.1 Å². The number of hydrogen-bond donors (Lipinski definition) is 1. The Bertz CT molecular complexity index is 347. The molecule has 0 saturated carbocycles. The Morgan fingerprint density at radius 1 is 1.36 bits per heavy atom. The van der Waals surface area contributed by atoms with Gasteiger partial charge in [0.15, 0.2) is 0 Å². The molecule has 0 amide bonds. The molecule has 2 N–H and O–H groups in total. The van der Waals surface area contributed by atoms with E-state index in [1.165, 1.54) is 19.1 Å². The summed E-state index contributed by atoms with van der Waals surface area (Å²) < 4.78 is 37.5. The molecule has 5 heteroatoms. The van der Waals surface area contributed by atoms with E-state index in [0.29, 0.717) is 5.56 Å². The number of nitrogens with two attached hydrogens (primary N) is 1. The molecule has 0 radical (unpaired) electrons. The molecule has 0 aromatic heterocycles. The standard InChI is InChI=1S/C9H9ClF3N/c1-5-6(4-14)2-3-7(10)8(5)9(11,12)13/h2-3H,4,14H2,1H3. The zero-order chi connectivity index (χ0) is 10.9. The molecule has 0 atom stereocenters. The molecule has 0 aliphatic heterocycles. The molecule has 0 aliphatic rings. The molecule has 1 aromatic rings. The summed E-state index contributed by atoms with van der Waals surface area (Å²) in [6, 6.07) is 2.73. The fraction of sp³-hybridized carbons (Fsp3) is 0.333. The zero-order valence-electron chi connectivity index (χ0n) is 7.45. The maximum absolute atomic E-state index is 12.5. The molecule has 0 heterocycles. The minimum absolute atomic E-state index is 0.0755. The zero-order valence-corrected chi connectivity index (χ0v) is 8.21. The lowest BCUT2D eigenvalue weighted by atomic mass is 10.0. The first kappa shape index (κ1) is 11.3. The topological polar surface area (TPSA) is 26.0 Å². The van der Waals surface area contributed by atoms with Gasteiger partial charge in [0.2, 0.25) is 0 Å². The van der Waals surface area contributed by atoms with E-state index in [-0.39, 0.29) is 17.1 Å². The quantitative estimate of drug-likeness (QED) is 0.778. The second-order valence-electron chi connectivity index (χ2n) is 2.91. The van der Waals surface area contributed by atoms with Crippen LogP contribution < -0.4 is 5.73 Å². The summed E-state index contributed by atoms with van der Waals surface area (Å²) in [6.07, 6.45) is -4.42. The molecular weight excluding hydrogens is 215 g/mol. The average Bonchev–Trinajstić information content (AvgIpc) is 2.02. The highest BCUT2D eigenvalue weighted by molar-refractivity contribution is 6.31. The molecule has 0 spiro atoms. The fourth-order valence-electron chi connectivity index (χ4n) is 1.29. The van der Waals surface area contributed by atoms with Crippen molar-refractivity contribution in [3.63, 3.8) is 0 Å². The van der Waals surface area contributed by atoms with Crippen LogP contribution in [-0.4, -0.2) is 0 Å². The molecule has 0 saturated heterocycles. The molecule has 0 aliphatic carbocycles. The third kappa shape index (κ3) is 2.01. The molecular formula is C9H9ClF3N. The Morgan fingerprint density at radius 2 is 1.93 bits per heavy atom. The fourth-order valence-corrected chi connectivity index (χ4v) is 1.60. The van der Waals surface area contributed by atoms with Crippen LogP contribution in [0.4, 0.5) is 13.2 Å². The van der Waals surface area contributed by atoms with Crippen LogP contribution in [-0.2, 0) is 12.7 Å². The van der Waals surface area contributed by atoms with Crippen molar-refractivity contribution in [3.8, 4) is 0 Å². The van der Waals surface area contributed by atoms with Gasteiger partial charge < -0.3 is 5.73 Å². The number of rotatable bonds is 1. The van der Waals surface area contributed by atoms with Crippen LogP contribution in [0.25, 0.3) is 0 Å². The van der Waals surface area contributed by atoms with E-state index in [2.05, 4.69) is 0 Å². The van der Waals surface area contributed by atoms with Gasteiger partial charge in [-0.15, -0.1) is 0 Å². The van der Waals surface area contributed by atoms with Gasteiger partial charge in [-0.2, -0.15) is 13.2 Å². The highest BCUT2D eigenvalue weighted by Gasteiger charge is 2.35. The first-order valence-corrected chi connectivity index (χ1v) is 4.31. The predicted octanol–water partition coefficient (Wildman–Crippen LogP) is 3.13. The smallest absolute Gasteiger partial charge is 0.326 e. The van der Waals surface area contributed by atoms with Crippen molar-refractivity contribution in [2.24, 2.45) is 5.73 Å². The number of benzene rings is 1. The van der Waals surface area contributed by atoms with Gasteiger partial charge in [0, 0.05) is 6.54 Å². The first-order chi connectivity index (χ1) is 6.38. The summed E-state index contributed by atoms with van der Waals surface area (Å²) in [7, 11) is 0. The second kappa shape index (κ2) is 3.79. The van der Waals surface area contributed by atoms with E-state index < -0.39 is 11.7 Å². The lowest BCUT2D eigenvalue weighted by Crippen LogP contribution is -2.11. The average molecular weight is 224 g/mol. The van der Waals surface area contributed by atoms with E-state index in [1.807, 2.05) is 0 Å². The monoisotopic (exact) mass is 223 g/mol. The molecule has 14 heavy (non-hydrogen) atoms. The highest BCUT2D eigenvalue weighted by atomic mass is 35.5. The van der Waals surface area contributed by atoms with Crippen LogP contribution in [0.2, 0.25) is 5.02 Å². The van der Waals surface area contributed by atoms with Crippen molar-refractivity contribution in [3.05, 3.63) is 33.8 Å². The summed E-state index contributed by atoms with van der Waals surface area (Å²) in [6.45, 7) is 1.45. The van der Waals surface area contributed by atoms with E-state index >= 15 is 0 Å². The van der Waals surface area contributed by atoms with Crippen LogP contribution >= 0.6 is 11.6 Å². The van der Waals surface area contributed by atoms with E-state index in [1.54, 1.807) is 0 Å². The minimum Gasteiger partial charge on any atom is -0.326 e. The first-order valence-electron chi connectivity index (χ1n) is 3.93. The summed E-state index contributed by atoms with van der Waals surface area (Å²) in [5.74, 6) is 0. The third-order valence-electron chi connectivity index (χ3n) is 2.03. The molecule has 78 valence electrons. The lowest BCUT2D eigenvalue weighted by Gasteiger charge is -2.14. The molecule has 0 bridgehead atoms. The highest BCUT2D eigenvalue weighted by Crippen LogP contribution is 2.37. The van der Waals surface area contributed by atoms with Crippen molar-refractivity contribution in [2.45, 2.75) is 19.6 Å². The maximum Gasteiger partial charge on any atom is 0.418 e. The molecule has 0 unspecified atom stereocenters. The van der Waals surface area contributed by atoms with Crippen molar-refractivity contribution in [1.29, 1.82) is 0 Å². The Hall–Kier alpha value is -0.740. The van der Waals surface area contributed by atoms with Crippen molar-refractivity contribution in [1.82, 2.24) is 0 Å². The number of hydrogen-bond acceptors (Lipinski definition) is 1. The van der Waals surface area contributed by atoms with Crippen LogP contribution in [0.15, 0.2) is 12.1 Å². The molecule has 0 fully saturated rings. The van der Waals surface area contributed by atoms with Crippen molar-refractivity contribution in [2.75, 3.05) is 0 Å². The maximum atomic E-state index is 12.5. The summed E-state index contributed by atoms with van der Waals surface area (Å²) in [5.41, 5.74) is 5.08. The molecule has 1 aromatic carbocycles. The van der Waals surface area contributed by atoms with E-state index in [9.17, 15) is 13.2 Å². The molecule has 1 nitrogen and oxygen atoms in total. The van der Waals surface area contributed by atoms with Crippen molar-refractivity contribution >= 4 is 11.6 Å². The Kier molecular flexibility index (Phi) is 3.07. The normalized spacial score (nSPS) is 11.9. The largest absolute Gasteiger partial charge is 0.418 e. The Morgan fingerprint density at radius 3 is 2.36 bits per heavy atom. The second-order valence-corrected chi connectivity index (χ2v) is 3.32. The van der Waals surface area contributed by atoms with E-state index in [4.69, 9.17) is 17.3 Å². The Balaban J connectivity index is 3.40. The van der Waals surface area contributed by atoms with Crippen molar-refractivity contribution < 1.29 is 13.2 Å². The number of alkyl halides is 3. The SMILES string of the molecule is Cc1c(CN)ccc(Cl)c1C(F)(F)F. The number of halogens is 4. The predicted molar refractivity (Wildman–Crippen MR) is 49.1 cm³/mol. The Labute approximate surface area is 84.7 Å². The van der Waals surface area contributed by atoms with Gasteiger partial charge in [-0.1, -0.05) is 17.7 Å². The van der Waals surface area contributed by atoms with Gasteiger partial charge in [-0.3, -0.25) is 0 Å². The van der Waals surface area contributed by atoms with Crippen LogP contribution in [0.3, 0.4) is 0 Å². The van der Waals surface area contributed by atoms with Gasteiger partial charge >= 0.3 is 6.18 Å². The van der Waals surface area contributed by atoms with Gasteiger partial charge in [-0.25, -0.2) is 0 Å². The van der Waals surface area contributed by atoms with Crippen LogP contribution in [0.5, 0.6) is 0 Å². The summed E-state index contributed by atoms with van der Waals surface area (Å²) in [4.78, 5) is 0. The third-order valence-corrected chi connectivity index (χ3v) is 2.34. The van der Waals surface area contributed by atoms with Gasteiger partial charge in [0.1, 0.15) is 0 Å². The van der Waals surface area contributed by atoms with Crippen LogP contribution in [0, 0.1) is 6.92 Å². The summed E-state index contributed by atoms with van der Waals surface area (Å²) >= 11 is 5.48. The van der Waals surface area contributed by atoms with Gasteiger partial charge in [0.05, 0.1) is 10.6 Å². The minimum atomic E-state index is -4.42.